The number of ether oxygens (including phenoxy) is 1. The van der Waals surface area contributed by atoms with Crippen LogP contribution in [0.3, 0.4) is 0 Å². The van der Waals surface area contributed by atoms with Gasteiger partial charge in [-0.25, -0.2) is 5.48 Å². The summed E-state index contributed by atoms with van der Waals surface area (Å²) in [5, 5.41) is 8.71. The van der Waals surface area contributed by atoms with Crippen LogP contribution in [-0.4, -0.2) is 47.3 Å². The number of methoxy groups -OCH3 is 1. The molecule has 1 aromatic rings. The molecule has 1 amide bonds. The van der Waals surface area contributed by atoms with E-state index in [2.05, 4.69) is 16.8 Å². The van der Waals surface area contributed by atoms with E-state index in [9.17, 15) is 4.79 Å². The molecule has 1 aliphatic heterocycles. The maximum absolute atomic E-state index is 11.5. The SMILES string of the molecule is COCCC1(C)CC(N2CCc3cc(C(=O)NO)cnc3C2)C1. The van der Waals surface area contributed by atoms with Crippen molar-refractivity contribution < 1.29 is 14.7 Å². The molecule has 126 valence electrons. The number of pyridine rings is 1. The number of rotatable bonds is 5. The molecule has 2 aliphatic rings. The molecule has 0 bridgehead atoms. The third-order valence-electron chi connectivity index (χ3n) is 5.33. The van der Waals surface area contributed by atoms with Gasteiger partial charge in [0, 0.05) is 39.0 Å². The van der Waals surface area contributed by atoms with Crippen LogP contribution in [0.25, 0.3) is 0 Å². The van der Waals surface area contributed by atoms with Crippen LogP contribution in [0.1, 0.15) is 47.8 Å². The molecule has 1 aromatic heterocycles. The zero-order chi connectivity index (χ0) is 16.4. The summed E-state index contributed by atoms with van der Waals surface area (Å²) in [6.07, 6.45) is 6.01. The number of hydroxylamine groups is 1. The van der Waals surface area contributed by atoms with Gasteiger partial charge in [-0.05, 0) is 42.7 Å². The van der Waals surface area contributed by atoms with Crippen LogP contribution in [-0.2, 0) is 17.7 Å². The van der Waals surface area contributed by atoms with Crippen molar-refractivity contribution in [1.29, 1.82) is 0 Å². The van der Waals surface area contributed by atoms with Crippen LogP contribution in [0.5, 0.6) is 0 Å². The third-order valence-corrected chi connectivity index (χ3v) is 5.33. The fourth-order valence-electron chi connectivity index (χ4n) is 3.82. The third kappa shape index (κ3) is 3.39. The van der Waals surface area contributed by atoms with Crippen molar-refractivity contribution in [3.8, 4) is 0 Å². The van der Waals surface area contributed by atoms with E-state index in [4.69, 9.17) is 9.94 Å². The quantitative estimate of drug-likeness (QED) is 0.639. The first-order chi connectivity index (χ1) is 11.0. The summed E-state index contributed by atoms with van der Waals surface area (Å²) >= 11 is 0. The molecule has 0 saturated heterocycles. The highest BCUT2D eigenvalue weighted by Crippen LogP contribution is 2.46. The summed E-state index contributed by atoms with van der Waals surface area (Å²) < 4.78 is 5.21. The molecule has 0 radical (unpaired) electrons. The van der Waals surface area contributed by atoms with Gasteiger partial charge in [-0.2, -0.15) is 0 Å². The minimum absolute atomic E-state index is 0.412. The van der Waals surface area contributed by atoms with Gasteiger partial charge in [-0.15, -0.1) is 0 Å². The maximum Gasteiger partial charge on any atom is 0.276 e. The van der Waals surface area contributed by atoms with E-state index in [0.717, 1.165) is 43.8 Å². The normalized spacial score (nSPS) is 27.2. The number of aromatic nitrogens is 1. The number of nitrogens with zero attached hydrogens (tertiary/aromatic N) is 2. The van der Waals surface area contributed by atoms with Gasteiger partial charge in [0.15, 0.2) is 0 Å². The van der Waals surface area contributed by atoms with Crippen LogP contribution in [0.4, 0.5) is 0 Å². The first kappa shape index (κ1) is 16.4. The second kappa shape index (κ2) is 6.55. The Morgan fingerprint density at radius 2 is 2.35 bits per heavy atom. The predicted molar refractivity (Wildman–Crippen MR) is 85.2 cm³/mol. The smallest absolute Gasteiger partial charge is 0.276 e. The Hall–Kier alpha value is -1.50. The standard InChI is InChI=1S/C17H25N3O3/c1-17(4-6-23-2)8-14(9-17)20-5-3-12-7-13(16(21)19-22)10-18-15(12)11-20/h7,10,14,22H,3-6,8-9,11H2,1-2H3,(H,19,21). The average Bonchev–Trinajstić information content (AvgIpc) is 2.55. The summed E-state index contributed by atoms with van der Waals surface area (Å²) in [4.78, 5) is 18.4. The molecule has 1 fully saturated rings. The second-order valence-corrected chi connectivity index (χ2v) is 7.11. The fourth-order valence-corrected chi connectivity index (χ4v) is 3.82. The van der Waals surface area contributed by atoms with Gasteiger partial charge in [-0.3, -0.25) is 19.9 Å². The van der Waals surface area contributed by atoms with Gasteiger partial charge >= 0.3 is 0 Å². The monoisotopic (exact) mass is 319 g/mol. The Morgan fingerprint density at radius 3 is 3.04 bits per heavy atom. The highest BCUT2D eigenvalue weighted by molar-refractivity contribution is 5.93. The van der Waals surface area contributed by atoms with Crippen LogP contribution in [0.15, 0.2) is 12.3 Å². The molecule has 1 aliphatic carbocycles. The number of nitrogens with one attached hydrogen (secondary N) is 1. The fraction of sp³-hybridized carbons (Fsp3) is 0.647. The van der Waals surface area contributed by atoms with E-state index in [1.165, 1.54) is 19.0 Å². The number of carbonyl (C=O) groups excluding carboxylic acids is 1. The summed E-state index contributed by atoms with van der Waals surface area (Å²) in [6.45, 7) is 5.03. The molecule has 0 atom stereocenters. The Morgan fingerprint density at radius 1 is 1.57 bits per heavy atom. The molecule has 6 nitrogen and oxygen atoms in total. The summed E-state index contributed by atoms with van der Waals surface area (Å²) in [5.74, 6) is -0.504. The predicted octanol–water partition coefficient (Wildman–Crippen LogP) is 1.76. The molecule has 1 saturated carbocycles. The molecule has 2 N–H and O–H groups in total. The van der Waals surface area contributed by atoms with E-state index in [1.807, 2.05) is 6.07 Å². The van der Waals surface area contributed by atoms with Gasteiger partial charge in [0.2, 0.25) is 0 Å². The van der Waals surface area contributed by atoms with Crippen molar-refractivity contribution in [1.82, 2.24) is 15.4 Å². The Labute approximate surface area is 136 Å². The van der Waals surface area contributed by atoms with E-state index in [1.54, 1.807) is 12.6 Å². The van der Waals surface area contributed by atoms with Gasteiger partial charge < -0.3 is 4.74 Å². The van der Waals surface area contributed by atoms with Gasteiger partial charge in [0.05, 0.1) is 11.3 Å². The first-order valence-electron chi connectivity index (χ1n) is 8.20. The molecule has 3 rings (SSSR count). The molecule has 0 spiro atoms. The largest absolute Gasteiger partial charge is 0.385 e. The van der Waals surface area contributed by atoms with Gasteiger partial charge in [0.1, 0.15) is 0 Å². The lowest BCUT2D eigenvalue weighted by Gasteiger charge is -2.51. The van der Waals surface area contributed by atoms with Crippen molar-refractivity contribution in [3.05, 3.63) is 29.1 Å². The number of hydrogen-bond acceptors (Lipinski definition) is 5. The van der Waals surface area contributed by atoms with Gasteiger partial charge in [-0.1, -0.05) is 6.92 Å². The molecular formula is C17H25N3O3. The Balaban J connectivity index is 1.60. The number of carbonyl (C=O) groups is 1. The van der Waals surface area contributed by atoms with Crippen LogP contribution in [0, 0.1) is 5.41 Å². The molecule has 0 aromatic carbocycles. The van der Waals surface area contributed by atoms with E-state index >= 15 is 0 Å². The maximum atomic E-state index is 11.5. The number of amides is 1. The lowest BCUT2D eigenvalue weighted by atomic mass is 9.64. The number of hydrogen-bond donors (Lipinski definition) is 2. The molecule has 23 heavy (non-hydrogen) atoms. The van der Waals surface area contributed by atoms with E-state index in [-0.39, 0.29) is 0 Å². The summed E-state index contributed by atoms with van der Waals surface area (Å²) in [7, 11) is 1.76. The summed E-state index contributed by atoms with van der Waals surface area (Å²) in [5.41, 5.74) is 4.65. The number of fused-ring (bicyclic) bond motifs is 1. The average molecular weight is 319 g/mol. The van der Waals surface area contributed by atoms with Crippen molar-refractivity contribution in [2.24, 2.45) is 5.41 Å². The van der Waals surface area contributed by atoms with Crippen LogP contribution >= 0.6 is 0 Å². The molecule has 6 heteroatoms. The first-order valence-corrected chi connectivity index (χ1v) is 8.20. The minimum Gasteiger partial charge on any atom is -0.385 e. The molecular weight excluding hydrogens is 294 g/mol. The lowest BCUT2D eigenvalue weighted by molar-refractivity contribution is -0.0141. The highest BCUT2D eigenvalue weighted by Gasteiger charge is 2.43. The minimum atomic E-state index is -0.504. The Bertz CT molecular complexity index is 584. The lowest BCUT2D eigenvalue weighted by Crippen LogP contribution is -2.51. The van der Waals surface area contributed by atoms with Crippen LogP contribution in [0.2, 0.25) is 0 Å². The Kier molecular flexibility index (Phi) is 4.66. The van der Waals surface area contributed by atoms with Crippen LogP contribution < -0.4 is 5.48 Å². The molecule has 0 unspecified atom stereocenters. The van der Waals surface area contributed by atoms with Crippen molar-refractivity contribution >= 4 is 5.91 Å². The van der Waals surface area contributed by atoms with Crippen molar-refractivity contribution in [2.45, 2.75) is 45.2 Å². The highest BCUT2D eigenvalue weighted by atomic mass is 16.5. The molecule has 2 heterocycles. The van der Waals surface area contributed by atoms with Crippen molar-refractivity contribution in [3.63, 3.8) is 0 Å². The van der Waals surface area contributed by atoms with Crippen molar-refractivity contribution in [2.75, 3.05) is 20.3 Å². The van der Waals surface area contributed by atoms with E-state index in [0.29, 0.717) is 17.0 Å². The zero-order valence-corrected chi connectivity index (χ0v) is 13.8. The summed E-state index contributed by atoms with van der Waals surface area (Å²) in [6, 6.07) is 2.47. The van der Waals surface area contributed by atoms with Gasteiger partial charge in [0.25, 0.3) is 5.91 Å². The van der Waals surface area contributed by atoms with E-state index < -0.39 is 5.91 Å². The second-order valence-electron chi connectivity index (χ2n) is 7.11. The zero-order valence-electron chi connectivity index (χ0n) is 13.8. The topological polar surface area (TPSA) is 74.7 Å².